The Morgan fingerprint density at radius 3 is 2.47 bits per heavy atom. The van der Waals surface area contributed by atoms with Crippen molar-refractivity contribution in [1.82, 2.24) is 4.90 Å². The number of amides is 1. The van der Waals surface area contributed by atoms with Gasteiger partial charge in [0.25, 0.3) is 5.91 Å². The third kappa shape index (κ3) is 4.43. The van der Waals surface area contributed by atoms with Crippen molar-refractivity contribution in [1.29, 1.82) is 0 Å². The third-order valence-corrected chi connectivity index (χ3v) is 5.40. The number of piperidine rings is 1. The highest BCUT2D eigenvalue weighted by Crippen LogP contribution is 2.16. The molecule has 30 heavy (non-hydrogen) atoms. The minimum absolute atomic E-state index is 0.0676. The van der Waals surface area contributed by atoms with Gasteiger partial charge in [-0.05, 0) is 55.7 Å². The molecule has 2 aromatic carbocycles. The fraction of sp³-hybridized carbons (Fsp3) is 0.292. The Bertz CT molecular complexity index is 1110. The number of likely N-dealkylation sites (tertiary alicyclic amines) is 1. The molecule has 0 atom stereocenters. The molecule has 1 aliphatic heterocycles. The molecule has 1 saturated heterocycles. The zero-order valence-electron chi connectivity index (χ0n) is 16.7. The quantitative estimate of drug-likeness (QED) is 0.494. The maximum absolute atomic E-state index is 12.5. The number of nitrogens with zero attached hydrogens (tertiary/aromatic N) is 1. The van der Waals surface area contributed by atoms with Gasteiger partial charge in [0.1, 0.15) is 11.1 Å². The number of fused-ring (bicyclic) bond motifs is 1. The first kappa shape index (κ1) is 19.9. The average Bonchev–Trinajstić information content (AvgIpc) is 2.79. The molecule has 0 radical (unpaired) electrons. The van der Waals surface area contributed by atoms with Crippen LogP contribution in [0.3, 0.4) is 0 Å². The molecular formula is C24H24N2O4. The number of anilines is 1. The number of Topliss-reactive ketones (excluding diaryl/α,β-unsaturated/α-hetero) is 1. The van der Waals surface area contributed by atoms with E-state index in [1.165, 1.54) is 6.42 Å². The van der Waals surface area contributed by atoms with Crippen molar-refractivity contribution >= 4 is 28.3 Å². The van der Waals surface area contributed by atoms with Crippen LogP contribution in [0.4, 0.5) is 5.69 Å². The number of nitrogens with one attached hydrogen (secondary N) is 1. The lowest BCUT2D eigenvalue weighted by molar-refractivity contribution is 0.0724. The molecule has 6 heteroatoms. The molecule has 0 spiro atoms. The smallest absolute Gasteiger partial charge is 0.347 e. The van der Waals surface area contributed by atoms with E-state index >= 15 is 0 Å². The number of ketones is 1. The molecule has 3 aromatic rings. The van der Waals surface area contributed by atoms with Gasteiger partial charge >= 0.3 is 5.63 Å². The normalized spacial score (nSPS) is 13.9. The fourth-order valence-corrected chi connectivity index (χ4v) is 3.72. The van der Waals surface area contributed by atoms with E-state index in [1.54, 1.807) is 36.4 Å². The lowest BCUT2D eigenvalue weighted by atomic mass is 10.1. The number of carbonyl (C=O) groups excluding carboxylic acids is 2. The Balaban J connectivity index is 1.34. The fourth-order valence-electron chi connectivity index (χ4n) is 3.72. The second-order valence-electron chi connectivity index (χ2n) is 7.52. The molecule has 0 aliphatic carbocycles. The molecule has 1 aliphatic rings. The summed E-state index contributed by atoms with van der Waals surface area (Å²) in [6.07, 6.45) is 3.48. The summed E-state index contributed by atoms with van der Waals surface area (Å²) in [5.41, 5.74) is 1.42. The Morgan fingerprint density at radius 2 is 1.70 bits per heavy atom. The summed E-state index contributed by atoms with van der Waals surface area (Å²) >= 11 is 0. The van der Waals surface area contributed by atoms with E-state index in [-0.39, 0.29) is 23.7 Å². The topological polar surface area (TPSA) is 79.6 Å². The Kier molecular flexibility index (Phi) is 5.93. The monoisotopic (exact) mass is 404 g/mol. The van der Waals surface area contributed by atoms with Crippen LogP contribution in [0.15, 0.2) is 63.8 Å². The van der Waals surface area contributed by atoms with Gasteiger partial charge in [0.05, 0.1) is 0 Å². The van der Waals surface area contributed by atoms with Gasteiger partial charge in [-0.15, -0.1) is 0 Å². The van der Waals surface area contributed by atoms with Gasteiger partial charge in [0.2, 0.25) is 0 Å². The molecule has 0 bridgehead atoms. The first-order valence-electron chi connectivity index (χ1n) is 10.3. The zero-order chi connectivity index (χ0) is 20.9. The van der Waals surface area contributed by atoms with E-state index in [0.29, 0.717) is 17.7 Å². The van der Waals surface area contributed by atoms with Gasteiger partial charge in [0, 0.05) is 42.7 Å². The summed E-state index contributed by atoms with van der Waals surface area (Å²) in [6.45, 7) is 2.03. The maximum atomic E-state index is 12.5. The SMILES string of the molecule is O=C(CCNc1ccc(C(=O)N2CCCCC2)cc1)c1cc2ccccc2oc1=O. The van der Waals surface area contributed by atoms with Crippen molar-refractivity contribution in [2.24, 2.45) is 0 Å². The molecule has 1 amide bonds. The predicted octanol–water partition coefficient (Wildman–Crippen LogP) is 4.10. The van der Waals surface area contributed by atoms with E-state index in [4.69, 9.17) is 4.42 Å². The highest BCUT2D eigenvalue weighted by molar-refractivity contribution is 5.98. The van der Waals surface area contributed by atoms with Crippen molar-refractivity contribution in [3.8, 4) is 0 Å². The number of benzene rings is 2. The highest BCUT2D eigenvalue weighted by Gasteiger charge is 2.18. The Labute approximate surface area is 174 Å². The number of para-hydroxylation sites is 1. The van der Waals surface area contributed by atoms with Crippen LogP contribution in [-0.4, -0.2) is 36.2 Å². The Morgan fingerprint density at radius 1 is 0.967 bits per heavy atom. The van der Waals surface area contributed by atoms with E-state index in [9.17, 15) is 14.4 Å². The van der Waals surface area contributed by atoms with E-state index in [1.807, 2.05) is 23.1 Å². The van der Waals surface area contributed by atoms with Gasteiger partial charge < -0.3 is 14.6 Å². The number of hydrogen-bond acceptors (Lipinski definition) is 5. The molecule has 6 nitrogen and oxygen atoms in total. The molecule has 1 fully saturated rings. The summed E-state index contributed by atoms with van der Waals surface area (Å²) in [4.78, 5) is 39.0. The van der Waals surface area contributed by atoms with Gasteiger partial charge in [0.15, 0.2) is 5.78 Å². The largest absolute Gasteiger partial charge is 0.422 e. The Hall–Kier alpha value is -3.41. The standard InChI is InChI=1S/C24H24N2O4/c27-21(20-16-18-6-2-3-7-22(18)30-24(20)29)12-13-25-19-10-8-17(9-11-19)23(28)26-14-4-1-5-15-26/h2-3,6-11,16,25H,1,4-5,12-15H2. The first-order chi connectivity index (χ1) is 14.6. The molecular weight excluding hydrogens is 380 g/mol. The van der Waals surface area contributed by atoms with Crippen LogP contribution in [0.2, 0.25) is 0 Å². The van der Waals surface area contributed by atoms with Crippen molar-refractivity contribution < 1.29 is 14.0 Å². The lowest BCUT2D eigenvalue weighted by Crippen LogP contribution is -2.35. The number of rotatable bonds is 6. The highest BCUT2D eigenvalue weighted by atomic mass is 16.4. The summed E-state index contributed by atoms with van der Waals surface area (Å²) in [5, 5.41) is 3.89. The third-order valence-electron chi connectivity index (χ3n) is 5.40. The van der Waals surface area contributed by atoms with Crippen LogP contribution in [0, 0.1) is 0 Å². The van der Waals surface area contributed by atoms with Crippen LogP contribution in [-0.2, 0) is 0 Å². The maximum Gasteiger partial charge on any atom is 0.347 e. The van der Waals surface area contributed by atoms with Crippen LogP contribution in [0.5, 0.6) is 0 Å². The van der Waals surface area contributed by atoms with E-state index < -0.39 is 5.63 Å². The molecule has 2 heterocycles. The minimum atomic E-state index is -0.612. The van der Waals surface area contributed by atoms with Crippen LogP contribution in [0.1, 0.15) is 46.4 Å². The summed E-state index contributed by atoms with van der Waals surface area (Å²) in [5.74, 6) is -0.196. The summed E-state index contributed by atoms with van der Waals surface area (Å²) in [7, 11) is 0. The average molecular weight is 404 g/mol. The zero-order valence-corrected chi connectivity index (χ0v) is 16.7. The van der Waals surface area contributed by atoms with Gasteiger partial charge in [-0.1, -0.05) is 18.2 Å². The van der Waals surface area contributed by atoms with Gasteiger partial charge in [-0.3, -0.25) is 9.59 Å². The van der Waals surface area contributed by atoms with Gasteiger partial charge in [-0.2, -0.15) is 0 Å². The number of hydrogen-bond donors (Lipinski definition) is 1. The van der Waals surface area contributed by atoms with Crippen molar-refractivity contribution in [2.75, 3.05) is 25.0 Å². The predicted molar refractivity (Wildman–Crippen MR) is 116 cm³/mol. The van der Waals surface area contributed by atoms with E-state index in [2.05, 4.69) is 5.32 Å². The molecule has 154 valence electrons. The second-order valence-corrected chi connectivity index (χ2v) is 7.52. The van der Waals surface area contributed by atoms with Crippen molar-refractivity contribution in [3.63, 3.8) is 0 Å². The van der Waals surface area contributed by atoms with Gasteiger partial charge in [-0.25, -0.2) is 4.79 Å². The van der Waals surface area contributed by atoms with Crippen molar-refractivity contribution in [3.05, 3.63) is 76.1 Å². The molecule has 0 unspecified atom stereocenters. The molecule has 1 aromatic heterocycles. The molecule has 1 N–H and O–H groups in total. The summed E-state index contributed by atoms with van der Waals surface area (Å²) < 4.78 is 5.23. The molecule has 4 rings (SSSR count). The summed E-state index contributed by atoms with van der Waals surface area (Å²) in [6, 6.07) is 16.0. The second kappa shape index (κ2) is 8.95. The minimum Gasteiger partial charge on any atom is -0.422 e. The van der Waals surface area contributed by atoms with Crippen LogP contribution < -0.4 is 10.9 Å². The lowest BCUT2D eigenvalue weighted by Gasteiger charge is -2.26. The van der Waals surface area contributed by atoms with E-state index in [0.717, 1.165) is 37.0 Å². The van der Waals surface area contributed by atoms with Crippen molar-refractivity contribution in [2.45, 2.75) is 25.7 Å². The first-order valence-corrected chi connectivity index (χ1v) is 10.3. The van der Waals surface area contributed by atoms with Crippen LogP contribution in [0.25, 0.3) is 11.0 Å². The number of carbonyl (C=O) groups is 2. The van der Waals surface area contributed by atoms with Crippen LogP contribution >= 0.6 is 0 Å². The molecule has 0 saturated carbocycles.